The van der Waals surface area contributed by atoms with Crippen molar-refractivity contribution in [2.75, 3.05) is 26.8 Å². The predicted octanol–water partition coefficient (Wildman–Crippen LogP) is 4.01. The van der Waals surface area contributed by atoms with E-state index in [4.69, 9.17) is 9.47 Å². The molecule has 0 spiro atoms. The van der Waals surface area contributed by atoms with Gasteiger partial charge in [0.1, 0.15) is 0 Å². The van der Waals surface area contributed by atoms with Crippen LogP contribution < -0.4 is 20.1 Å². The zero-order valence-corrected chi connectivity index (χ0v) is 18.7. The number of benzene rings is 2. The molecule has 2 aromatic rings. The van der Waals surface area contributed by atoms with E-state index in [1.807, 2.05) is 31.2 Å². The zero-order valence-electron chi connectivity index (χ0n) is 16.3. The number of hydrogen-bond acceptors (Lipinski definition) is 3. The summed E-state index contributed by atoms with van der Waals surface area (Å²) in [5.74, 6) is 2.31. The van der Waals surface area contributed by atoms with E-state index >= 15 is 0 Å². The molecule has 2 N–H and O–H groups in total. The minimum Gasteiger partial charge on any atom is -0.493 e. The lowest BCUT2D eigenvalue weighted by Gasteiger charge is -2.12. The van der Waals surface area contributed by atoms with Crippen molar-refractivity contribution in [2.24, 2.45) is 4.99 Å². The molecule has 2 rings (SSSR count). The Balaban J connectivity index is 0.00000364. The highest BCUT2D eigenvalue weighted by Gasteiger charge is 2.05. The molecule has 0 aliphatic rings. The normalized spacial score (nSPS) is 10.7. The lowest BCUT2D eigenvalue weighted by Crippen LogP contribution is -2.38. The van der Waals surface area contributed by atoms with Crippen molar-refractivity contribution in [3.05, 3.63) is 59.7 Å². The maximum absolute atomic E-state index is 5.56. The van der Waals surface area contributed by atoms with Crippen LogP contribution in [0.2, 0.25) is 0 Å². The van der Waals surface area contributed by atoms with Gasteiger partial charge in [-0.3, -0.25) is 0 Å². The molecule has 0 bridgehead atoms. The summed E-state index contributed by atoms with van der Waals surface area (Å²) in [6.07, 6.45) is 0.960. The van der Waals surface area contributed by atoms with E-state index < -0.39 is 0 Å². The molecule has 0 aromatic heterocycles. The number of guanidine groups is 1. The highest BCUT2D eigenvalue weighted by atomic mass is 127. The Morgan fingerprint density at radius 2 is 1.74 bits per heavy atom. The summed E-state index contributed by atoms with van der Waals surface area (Å²) >= 11 is 0. The predicted molar refractivity (Wildman–Crippen MR) is 123 cm³/mol. The molecule has 0 aliphatic heterocycles. The molecule has 0 saturated carbocycles. The average Bonchev–Trinajstić information content (AvgIpc) is 2.68. The number of nitrogens with one attached hydrogen (secondary N) is 2. The summed E-state index contributed by atoms with van der Waals surface area (Å²) in [5.41, 5.74) is 2.39. The van der Waals surface area contributed by atoms with E-state index in [1.165, 1.54) is 5.56 Å². The van der Waals surface area contributed by atoms with Crippen LogP contribution in [0.1, 0.15) is 25.0 Å². The van der Waals surface area contributed by atoms with Crippen molar-refractivity contribution in [2.45, 2.75) is 26.8 Å². The van der Waals surface area contributed by atoms with Gasteiger partial charge in [0.05, 0.1) is 20.3 Å². The van der Waals surface area contributed by atoms with Crippen LogP contribution in [0.4, 0.5) is 0 Å². The van der Waals surface area contributed by atoms with Crippen LogP contribution in [0, 0.1) is 0 Å². The number of ether oxygens (including phenoxy) is 2. The first kappa shape index (κ1) is 23.1. The Hall–Kier alpha value is -1.96. The fourth-order valence-corrected chi connectivity index (χ4v) is 2.57. The molecular formula is C21H30IN3O2. The molecule has 0 aliphatic carbocycles. The molecule has 0 amide bonds. The van der Waals surface area contributed by atoms with E-state index in [2.05, 4.69) is 46.8 Å². The zero-order chi connectivity index (χ0) is 18.6. The van der Waals surface area contributed by atoms with Crippen LogP contribution in [0.5, 0.6) is 11.5 Å². The molecule has 6 heteroatoms. The minimum atomic E-state index is 0. The molecule has 0 saturated heterocycles. The SMILES string of the molecule is CCNC(=NCc1ccc(OCC)c(OC)c1)NCCc1ccccc1.I. The molecule has 0 radical (unpaired) electrons. The van der Waals surface area contributed by atoms with Crippen LogP contribution >= 0.6 is 24.0 Å². The van der Waals surface area contributed by atoms with Gasteiger partial charge in [0.2, 0.25) is 0 Å². The van der Waals surface area contributed by atoms with Crippen molar-refractivity contribution in [3.8, 4) is 11.5 Å². The van der Waals surface area contributed by atoms with E-state index in [9.17, 15) is 0 Å². The summed E-state index contributed by atoms with van der Waals surface area (Å²) in [6.45, 7) is 6.87. The van der Waals surface area contributed by atoms with E-state index in [1.54, 1.807) is 7.11 Å². The van der Waals surface area contributed by atoms with Gasteiger partial charge < -0.3 is 20.1 Å². The largest absolute Gasteiger partial charge is 0.493 e. The third-order valence-corrected chi connectivity index (χ3v) is 3.84. The van der Waals surface area contributed by atoms with Gasteiger partial charge in [-0.15, -0.1) is 24.0 Å². The topological polar surface area (TPSA) is 54.9 Å². The quantitative estimate of drug-likeness (QED) is 0.322. The number of halogens is 1. The summed E-state index contributed by atoms with van der Waals surface area (Å²) in [5, 5.41) is 6.66. The van der Waals surface area contributed by atoms with Crippen molar-refractivity contribution in [1.82, 2.24) is 10.6 Å². The molecule has 0 fully saturated rings. The Morgan fingerprint density at radius 1 is 0.963 bits per heavy atom. The van der Waals surface area contributed by atoms with Crippen molar-refractivity contribution >= 4 is 29.9 Å². The van der Waals surface area contributed by atoms with Gasteiger partial charge in [0.25, 0.3) is 0 Å². The first-order valence-electron chi connectivity index (χ1n) is 9.12. The molecule has 0 unspecified atom stereocenters. The molecule has 0 atom stereocenters. The number of rotatable bonds is 9. The lowest BCUT2D eigenvalue weighted by molar-refractivity contribution is 0.310. The second-order valence-electron chi connectivity index (χ2n) is 5.78. The highest BCUT2D eigenvalue weighted by Crippen LogP contribution is 2.28. The Kier molecular flexibility index (Phi) is 11.3. The van der Waals surface area contributed by atoms with E-state index in [0.29, 0.717) is 13.2 Å². The van der Waals surface area contributed by atoms with E-state index in [0.717, 1.165) is 42.5 Å². The van der Waals surface area contributed by atoms with Gasteiger partial charge in [-0.05, 0) is 43.5 Å². The van der Waals surface area contributed by atoms with Crippen molar-refractivity contribution in [3.63, 3.8) is 0 Å². The minimum absolute atomic E-state index is 0. The third-order valence-electron chi connectivity index (χ3n) is 3.84. The Morgan fingerprint density at radius 3 is 2.41 bits per heavy atom. The Bertz CT molecular complexity index is 693. The molecule has 5 nitrogen and oxygen atoms in total. The van der Waals surface area contributed by atoms with Gasteiger partial charge in [0, 0.05) is 13.1 Å². The van der Waals surface area contributed by atoms with Crippen LogP contribution in [0.15, 0.2) is 53.5 Å². The smallest absolute Gasteiger partial charge is 0.191 e. The monoisotopic (exact) mass is 483 g/mol. The highest BCUT2D eigenvalue weighted by molar-refractivity contribution is 14.0. The molecule has 27 heavy (non-hydrogen) atoms. The van der Waals surface area contributed by atoms with Crippen LogP contribution in [0.3, 0.4) is 0 Å². The van der Waals surface area contributed by atoms with Gasteiger partial charge in [-0.1, -0.05) is 36.4 Å². The number of nitrogens with zero attached hydrogens (tertiary/aromatic N) is 1. The van der Waals surface area contributed by atoms with Crippen LogP contribution in [-0.2, 0) is 13.0 Å². The summed E-state index contributed by atoms with van der Waals surface area (Å²) in [4.78, 5) is 4.66. The second kappa shape index (κ2) is 13.2. The number of methoxy groups -OCH3 is 1. The van der Waals surface area contributed by atoms with Gasteiger partial charge in [0.15, 0.2) is 17.5 Å². The van der Waals surface area contributed by atoms with Crippen LogP contribution in [0.25, 0.3) is 0 Å². The first-order chi connectivity index (χ1) is 12.8. The molecule has 2 aromatic carbocycles. The molecule has 148 valence electrons. The molecular weight excluding hydrogens is 453 g/mol. The van der Waals surface area contributed by atoms with Gasteiger partial charge >= 0.3 is 0 Å². The maximum atomic E-state index is 5.56. The fraction of sp³-hybridized carbons (Fsp3) is 0.381. The van der Waals surface area contributed by atoms with Gasteiger partial charge in [-0.2, -0.15) is 0 Å². The number of aliphatic imine (C=N–C) groups is 1. The number of hydrogen-bond donors (Lipinski definition) is 2. The van der Waals surface area contributed by atoms with E-state index in [-0.39, 0.29) is 24.0 Å². The van der Waals surface area contributed by atoms with Crippen molar-refractivity contribution in [1.29, 1.82) is 0 Å². The standard InChI is InChI=1S/C21H29N3O2.HI/c1-4-22-21(23-14-13-17-9-7-6-8-10-17)24-16-18-11-12-19(26-5-2)20(15-18)25-3;/h6-12,15H,4-5,13-14,16H2,1-3H3,(H2,22,23,24);1H. The molecule has 0 heterocycles. The van der Waals surface area contributed by atoms with Gasteiger partial charge in [-0.25, -0.2) is 4.99 Å². The van der Waals surface area contributed by atoms with Crippen molar-refractivity contribution < 1.29 is 9.47 Å². The Labute approximate surface area is 179 Å². The summed E-state index contributed by atoms with van der Waals surface area (Å²) in [6, 6.07) is 16.4. The van der Waals surface area contributed by atoms with Crippen LogP contribution in [-0.4, -0.2) is 32.8 Å². The second-order valence-corrected chi connectivity index (χ2v) is 5.78. The summed E-state index contributed by atoms with van der Waals surface area (Å²) < 4.78 is 11.0. The lowest BCUT2D eigenvalue weighted by atomic mass is 10.1. The summed E-state index contributed by atoms with van der Waals surface area (Å²) in [7, 11) is 1.65. The first-order valence-corrected chi connectivity index (χ1v) is 9.12. The third kappa shape index (κ3) is 8.07. The maximum Gasteiger partial charge on any atom is 0.191 e. The fourth-order valence-electron chi connectivity index (χ4n) is 2.57. The average molecular weight is 483 g/mol.